The van der Waals surface area contributed by atoms with E-state index in [1.807, 2.05) is 6.92 Å². The zero-order chi connectivity index (χ0) is 19.1. The topological polar surface area (TPSA) is 70.0 Å². The second-order valence-corrected chi connectivity index (χ2v) is 6.61. The van der Waals surface area contributed by atoms with Gasteiger partial charge in [0.2, 0.25) is 0 Å². The Labute approximate surface area is 162 Å². The first-order chi connectivity index (χ1) is 12.4. The molecule has 0 bridgehead atoms. The number of para-hydroxylation sites is 1. The Morgan fingerprint density at radius 1 is 1.08 bits per heavy atom. The summed E-state index contributed by atoms with van der Waals surface area (Å²) in [7, 11) is 0. The number of nitrogens with zero attached hydrogens (tertiary/aromatic N) is 1. The van der Waals surface area contributed by atoms with Crippen LogP contribution in [0.15, 0.2) is 36.4 Å². The van der Waals surface area contributed by atoms with E-state index in [1.165, 1.54) is 12.1 Å². The van der Waals surface area contributed by atoms with E-state index in [2.05, 4.69) is 0 Å². The molecule has 0 aliphatic heterocycles. The summed E-state index contributed by atoms with van der Waals surface area (Å²) in [6.07, 6.45) is 1.35. The van der Waals surface area contributed by atoms with Gasteiger partial charge in [0.1, 0.15) is 0 Å². The number of halogens is 2. The predicted molar refractivity (Wildman–Crippen MR) is 102 cm³/mol. The minimum atomic E-state index is -0.175. The molecule has 0 heterocycles. The van der Waals surface area contributed by atoms with Crippen LogP contribution in [0.5, 0.6) is 17.2 Å². The van der Waals surface area contributed by atoms with Gasteiger partial charge >= 0.3 is 0 Å². The lowest BCUT2D eigenvalue weighted by Crippen LogP contribution is -2.37. The van der Waals surface area contributed by atoms with Crippen molar-refractivity contribution in [3.8, 4) is 17.2 Å². The summed E-state index contributed by atoms with van der Waals surface area (Å²) in [5, 5.41) is 19.6. The van der Waals surface area contributed by atoms with E-state index < -0.39 is 0 Å². The number of aromatic hydroxyl groups is 2. The summed E-state index contributed by atoms with van der Waals surface area (Å²) in [4.78, 5) is 14.2. The number of carbonyl (C=O) groups is 1. The second kappa shape index (κ2) is 9.55. The summed E-state index contributed by atoms with van der Waals surface area (Å²) < 4.78 is 5.52. The molecule has 0 atom stereocenters. The zero-order valence-corrected chi connectivity index (χ0v) is 15.9. The van der Waals surface area contributed by atoms with Crippen molar-refractivity contribution in [2.75, 3.05) is 19.7 Å². The average molecular weight is 398 g/mol. The third-order valence-corrected chi connectivity index (χ3v) is 4.41. The van der Waals surface area contributed by atoms with Gasteiger partial charge in [0, 0.05) is 13.1 Å². The molecule has 2 N–H and O–H groups in total. The fourth-order valence-corrected chi connectivity index (χ4v) is 2.97. The lowest BCUT2D eigenvalue weighted by molar-refractivity contribution is -0.133. The van der Waals surface area contributed by atoms with Gasteiger partial charge in [-0.15, -0.1) is 0 Å². The molecule has 0 spiro atoms. The Balaban J connectivity index is 1.97. The molecule has 0 radical (unpaired) electrons. The van der Waals surface area contributed by atoms with Crippen molar-refractivity contribution in [3.05, 3.63) is 52.0 Å². The predicted octanol–water partition coefficient (Wildman–Crippen LogP) is 4.26. The number of hydrogen-bond donors (Lipinski definition) is 2. The van der Waals surface area contributed by atoms with Gasteiger partial charge in [0.15, 0.2) is 23.9 Å². The Kier molecular flexibility index (Phi) is 7.42. The number of hydrogen-bond acceptors (Lipinski definition) is 4. The number of carbonyl (C=O) groups excluding carboxylic acids is 1. The van der Waals surface area contributed by atoms with Crippen LogP contribution in [0.25, 0.3) is 0 Å². The van der Waals surface area contributed by atoms with Crippen LogP contribution in [0.3, 0.4) is 0 Å². The van der Waals surface area contributed by atoms with Crippen LogP contribution in [0, 0.1) is 0 Å². The maximum atomic E-state index is 12.5. The van der Waals surface area contributed by atoms with E-state index in [0.717, 1.165) is 12.0 Å². The normalized spacial score (nSPS) is 10.6. The van der Waals surface area contributed by atoms with Crippen molar-refractivity contribution in [3.63, 3.8) is 0 Å². The van der Waals surface area contributed by atoms with E-state index in [9.17, 15) is 15.0 Å². The maximum absolute atomic E-state index is 12.5. The Hall–Kier alpha value is -2.11. The molecule has 0 fully saturated rings. The largest absolute Gasteiger partial charge is 0.504 e. The van der Waals surface area contributed by atoms with Gasteiger partial charge < -0.3 is 19.8 Å². The molecule has 7 heteroatoms. The van der Waals surface area contributed by atoms with E-state index >= 15 is 0 Å². The highest BCUT2D eigenvalue weighted by molar-refractivity contribution is 6.37. The minimum absolute atomic E-state index is 0.162. The highest BCUT2D eigenvalue weighted by Crippen LogP contribution is 2.32. The van der Waals surface area contributed by atoms with Crippen LogP contribution in [-0.2, 0) is 11.2 Å². The summed E-state index contributed by atoms with van der Waals surface area (Å²) >= 11 is 12.1. The molecule has 0 unspecified atom stereocenters. The molecule has 26 heavy (non-hydrogen) atoms. The van der Waals surface area contributed by atoms with Crippen LogP contribution in [0.4, 0.5) is 0 Å². The molecular formula is C19H21Cl2NO4. The summed E-state index contributed by atoms with van der Waals surface area (Å²) in [6.45, 7) is 2.88. The first-order valence-electron chi connectivity index (χ1n) is 8.27. The summed E-state index contributed by atoms with van der Waals surface area (Å²) in [6, 6.07) is 9.63. The molecule has 2 aromatic carbocycles. The third-order valence-electron chi connectivity index (χ3n) is 3.82. The van der Waals surface area contributed by atoms with Crippen LogP contribution in [0.2, 0.25) is 10.0 Å². The molecule has 0 aliphatic rings. The van der Waals surface area contributed by atoms with Crippen LogP contribution in [-0.4, -0.2) is 40.7 Å². The molecule has 2 aromatic rings. The van der Waals surface area contributed by atoms with E-state index in [1.54, 1.807) is 29.2 Å². The lowest BCUT2D eigenvalue weighted by atomic mass is 10.1. The fraction of sp³-hybridized carbons (Fsp3) is 0.316. The number of phenols is 2. The van der Waals surface area contributed by atoms with Gasteiger partial charge in [-0.2, -0.15) is 0 Å². The highest BCUT2D eigenvalue weighted by atomic mass is 35.5. The third kappa shape index (κ3) is 5.44. The minimum Gasteiger partial charge on any atom is -0.504 e. The van der Waals surface area contributed by atoms with E-state index in [-0.39, 0.29) is 24.0 Å². The van der Waals surface area contributed by atoms with Crippen molar-refractivity contribution in [1.82, 2.24) is 4.90 Å². The van der Waals surface area contributed by atoms with Gasteiger partial charge in [0.25, 0.3) is 5.91 Å². The SMILES string of the molecule is CCCN(CCc1ccc(O)c(O)c1)C(=O)COc1c(Cl)cccc1Cl. The number of amides is 1. The zero-order valence-electron chi connectivity index (χ0n) is 14.4. The van der Waals surface area contributed by atoms with Crippen molar-refractivity contribution >= 4 is 29.1 Å². The molecule has 0 aliphatic carbocycles. The first-order valence-corrected chi connectivity index (χ1v) is 9.03. The molecule has 140 valence electrons. The monoisotopic (exact) mass is 397 g/mol. The molecular weight excluding hydrogens is 377 g/mol. The number of rotatable bonds is 8. The average Bonchev–Trinajstić information content (AvgIpc) is 2.61. The Bertz CT molecular complexity index is 747. The van der Waals surface area contributed by atoms with Gasteiger partial charge in [-0.3, -0.25) is 4.79 Å². The van der Waals surface area contributed by atoms with Crippen LogP contribution in [0.1, 0.15) is 18.9 Å². The highest BCUT2D eigenvalue weighted by Gasteiger charge is 2.16. The van der Waals surface area contributed by atoms with Crippen LogP contribution >= 0.6 is 23.2 Å². The quantitative estimate of drug-likeness (QED) is 0.652. The van der Waals surface area contributed by atoms with Crippen LogP contribution < -0.4 is 4.74 Å². The maximum Gasteiger partial charge on any atom is 0.260 e. The second-order valence-electron chi connectivity index (χ2n) is 5.79. The first kappa shape index (κ1) is 20.2. The molecule has 0 saturated carbocycles. The number of ether oxygens (including phenoxy) is 1. The van der Waals surface area contributed by atoms with Crippen molar-refractivity contribution in [2.45, 2.75) is 19.8 Å². The lowest BCUT2D eigenvalue weighted by Gasteiger charge is -2.22. The van der Waals surface area contributed by atoms with Gasteiger partial charge in [-0.25, -0.2) is 0 Å². The standard InChI is InChI=1S/C19H21Cl2NO4/c1-2-9-22(10-8-13-6-7-16(23)17(24)11-13)18(25)12-26-19-14(20)4-3-5-15(19)21/h3-7,11,23-24H,2,8-10,12H2,1H3. The Morgan fingerprint density at radius 2 is 1.77 bits per heavy atom. The van der Waals surface area contributed by atoms with Crippen molar-refractivity contribution in [2.24, 2.45) is 0 Å². The van der Waals surface area contributed by atoms with Crippen molar-refractivity contribution < 1.29 is 19.7 Å². The van der Waals surface area contributed by atoms with Gasteiger partial charge in [-0.1, -0.05) is 42.3 Å². The van der Waals surface area contributed by atoms with E-state index in [0.29, 0.717) is 35.3 Å². The molecule has 2 rings (SSSR count). The molecule has 5 nitrogen and oxygen atoms in total. The smallest absolute Gasteiger partial charge is 0.260 e. The summed E-state index contributed by atoms with van der Waals surface area (Å²) in [5.41, 5.74) is 0.823. The van der Waals surface area contributed by atoms with E-state index in [4.69, 9.17) is 27.9 Å². The fourth-order valence-electron chi connectivity index (χ4n) is 2.47. The molecule has 1 amide bonds. The Morgan fingerprint density at radius 3 is 2.38 bits per heavy atom. The van der Waals surface area contributed by atoms with Crippen molar-refractivity contribution in [1.29, 1.82) is 0 Å². The summed E-state index contributed by atoms with van der Waals surface area (Å²) in [5.74, 6) is -0.220. The molecule has 0 aromatic heterocycles. The number of phenolic OH excluding ortho intramolecular Hbond substituents is 2. The van der Waals surface area contributed by atoms with Gasteiger partial charge in [0.05, 0.1) is 10.0 Å². The van der Waals surface area contributed by atoms with Gasteiger partial charge in [-0.05, 0) is 42.7 Å². The number of benzene rings is 2. The molecule has 0 saturated heterocycles.